The number of nitrogens with zero attached hydrogens (tertiary/aromatic N) is 1. The van der Waals surface area contributed by atoms with Gasteiger partial charge in [-0.25, -0.2) is 0 Å². The molecule has 0 fully saturated rings. The molecule has 2 heterocycles. The third-order valence-electron chi connectivity index (χ3n) is 13.4. The standard InChI is InChI=1S/C61H39NOS/c1-3-16-40(17-4-1)41-30-34-44(35-31-41)62(45-36-32-42(33-37-45)46-24-15-25-52-50-23-10-14-29-57(50)64-60(46)52)55-39-38-51-49-22-9-13-28-56(49)63-59(51)58(55)61(43-18-5-2-6-19-43)53-26-11-7-20-47(53)48-21-8-12-27-54(48)61/h1-39H. The predicted molar refractivity (Wildman–Crippen MR) is 269 cm³/mol. The second kappa shape index (κ2) is 14.6. The zero-order valence-electron chi connectivity index (χ0n) is 34.8. The maximum atomic E-state index is 7.23. The highest BCUT2D eigenvalue weighted by Crippen LogP contribution is 2.61. The van der Waals surface area contributed by atoms with Crippen molar-refractivity contribution < 1.29 is 4.42 Å². The molecule has 64 heavy (non-hydrogen) atoms. The Morgan fingerprint density at radius 1 is 0.375 bits per heavy atom. The number of hydrogen-bond acceptors (Lipinski definition) is 3. The molecule has 0 spiro atoms. The topological polar surface area (TPSA) is 16.4 Å². The van der Waals surface area contributed by atoms with E-state index in [0.717, 1.165) is 44.6 Å². The number of anilines is 3. The first-order chi connectivity index (χ1) is 31.8. The van der Waals surface area contributed by atoms with Gasteiger partial charge in [0.05, 0.1) is 11.1 Å². The molecule has 2 nitrogen and oxygen atoms in total. The fraction of sp³-hybridized carbons (Fsp3) is 0.0164. The van der Waals surface area contributed by atoms with Crippen molar-refractivity contribution in [1.82, 2.24) is 0 Å². The zero-order valence-corrected chi connectivity index (χ0v) is 35.6. The van der Waals surface area contributed by atoms with E-state index in [1.54, 1.807) is 0 Å². The van der Waals surface area contributed by atoms with Crippen LogP contribution in [0.15, 0.2) is 241 Å². The first kappa shape index (κ1) is 36.7. The molecule has 0 amide bonds. The van der Waals surface area contributed by atoms with Gasteiger partial charge >= 0.3 is 0 Å². The summed E-state index contributed by atoms with van der Waals surface area (Å²) in [5.41, 5.74) is 16.2. The predicted octanol–water partition coefficient (Wildman–Crippen LogP) is 17.1. The fourth-order valence-corrected chi connectivity index (χ4v) is 11.8. The van der Waals surface area contributed by atoms with Crippen molar-refractivity contribution in [2.45, 2.75) is 5.41 Å². The van der Waals surface area contributed by atoms with Crippen LogP contribution in [-0.2, 0) is 5.41 Å². The summed E-state index contributed by atoms with van der Waals surface area (Å²) in [5.74, 6) is 0. The Kier molecular flexibility index (Phi) is 8.34. The molecule has 10 aromatic carbocycles. The molecule has 0 radical (unpaired) electrons. The number of fused-ring (bicyclic) bond motifs is 9. The van der Waals surface area contributed by atoms with Crippen LogP contribution in [0.5, 0.6) is 0 Å². The van der Waals surface area contributed by atoms with Gasteiger partial charge in [-0.3, -0.25) is 0 Å². The molecule has 1 aliphatic rings. The van der Waals surface area contributed by atoms with E-state index in [1.165, 1.54) is 70.2 Å². The van der Waals surface area contributed by atoms with Crippen LogP contribution < -0.4 is 4.90 Å². The Morgan fingerprint density at radius 2 is 0.922 bits per heavy atom. The molecular formula is C61H39NOS. The Hall–Kier alpha value is -7.98. The van der Waals surface area contributed by atoms with Gasteiger partial charge in [-0.2, -0.15) is 0 Å². The van der Waals surface area contributed by atoms with E-state index >= 15 is 0 Å². The SMILES string of the molecule is c1ccc(-c2ccc(N(c3ccc(-c4cccc5c4sc4ccccc45)cc3)c3ccc4c(oc5ccccc54)c3C3(c4ccccc4)c4ccccc4-c4ccccc43)cc2)cc1. The van der Waals surface area contributed by atoms with Gasteiger partial charge in [0, 0.05) is 47.9 Å². The summed E-state index contributed by atoms with van der Waals surface area (Å²) in [6, 6.07) is 86.4. The molecule has 0 atom stereocenters. The summed E-state index contributed by atoms with van der Waals surface area (Å²) < 4.78 is 9.85. The van der Waals surface area contributed by atoms with Gasteiger partial charge in [-0.1, -0.05) is 188 Å². The van der Waals surface area contributed by atoms with Gasteiger partial charge in [-0.05, 0) is 98.6 Å². The van der Waals surface area contributed by atoms with Gasteiger partial charge in [0.25, 0.3) is 0 Å². The molecule has 1 aliphatic carbocycles. The van der Waals surface area contributed by atoms with Gasteiger partial charge in [0.1, 0.15) is 11.2 Å². The highest BCUT2D eigenvalue weighted by Gasteiger charge is 2.49. The van der Waals surface area contributed by atoms with Crippen LogP contribution in [0.2, 0.25) is 0 Å². The van der Waals surface area contributed by atoms with Crippen LogP contribution in [0.3, 0.4) is 0 Å². The molecule has 3 heteroatoms. The number of hydrogen-bond donors (Lipinski definition) is 0. The molecule has 0 saturated carbocycles. The minimum Gasteiger partial charge on any atom is -0.456 e. The van der Waals surface area contributed by atoms with Crippen molar-refractivity contribution in [1.29, 1.82) is 0 Å². The molecule has 13 rings (SSSR count). The molecule has 0 bridgehead atoms. The van der Waals surface area contributed by atoms with Gasteiger partial charge in [0.15, 0.2) is 0 Å². The van der Waals surface area contributed by atoms with Crippen LogP contribution in [0.4, 0.5) is 17.1 Å². The second-order valence-corrected chi connectivity index (χ2v) is 17.8. The Morgan fingerprint density at radius 3 is 1.64 bits per heavy atom. The summed E-state index contributed by atoms with van der Waals surface area (Å²) in [7, 11) is 0. The van der Waals surface area contributed by atoms with Gasteiger partial charge < -0.3 is 9.32 Å². The van der Waals surface area contributed by atoms with E-state index in [-0.39, 0.29) is 0 Å². The van der Waals surface area contributed by atoms with E-state index in [4.69, 9.17) is 4.42 Å². The number of thiophene rings is 1. The summed E-state index contributed by atoms with van der Waals surface area (Å²) >= 11 is 1.87. The van der Waals surface area contributed by atoms with Crippen LogP contribution in [-0.4, -0.2) is 0 Å². The molecular weight excluding hydrogens is 795 g/mol. The maximum absolute atomic E-state index is 7.23. The minimum absolute atomic E-state index is 0.740. The number of rotatable bonds is 7. The molecule has 0 unspecified atom stereocenters. The highest BCUT2D eigenvalue weighted by atomic mass is 32.1. The largest absolute Gasteiger partial charge is 0.456 e. The third kappa shape index (κ3) is 5.44. The third-order valence-corrected chi connectivity index (χ3v) is 14.6. The van der Waals surface area contributed by atoms with E-state index < -0.39 is 5.41 Å². The van der Waals surface area contributed by atoms with E-state index in [0.29, 0.717) is 0 Å². The molecule has 12 aromatic rings. The number of para-hydroxylation sites is 1. The van der Waals surface area contributed by atoms with Crippen molar-refractivity contribution in [3.63, 3.8) is 0 Å². The van der Waals surface area contributed by atoms with Gasteiger partial charge in [-0.15, -0.1) is 11.3 Å². The second-order valence-electron chi connectivity index (χ2n) is 16.7. The Balaban J connectivity index is 1.11. The number of furan rings is 1. The molecule has 0 saturated heterocycles. The smallest absolute Gasteiger partial charge is 0.142 e. The molecule has 300 valence electrons. The summed E-state index contributed by atoms with van der Waals surface area (Å²) in [6.07, 6.45) is 0. The summed E-state index contributed by atoms with van der Waals surface area (Å²) in [4.78, 5) is 2.45. The van der Waals surface area contributed by atoms with E-state index in [2.05, 4.69) is 241 Å². The summed E-state index contributed by atoms with van der Waals surface area (Å²) in [5, 5.41) is 4.81. The zero-order chi connectivity index (χ0) is 42.2. The van der Waals surface area contributed by atoms with Crippen LogP contribution in [0.1, 0.15) is 22.3 Å². The lowest BCUT2D eigenvalue weighted by atomic mass is 9.66. The number of benzene rings is 10. The van der Waals surface area contributed by atoms with Crippen molar-refractivity contribution in [3.8, 4) is 33.4 Å². The Labute approximate surface area is 375 Å². The van der Waals surface area contributed by atoms with Crippen LogP contribution in [0.25, 0.3) is 75.5 Å². The minimum atomic E-state index is -0.740. The lowest BCUT2D eigenvalue weighted by Crippen LogP contribution is -2.31. The Bertz CT molecular complexity index is 3670. The van der Waals surface area contributed by atoms with E-state index in [1.807, 2.05) is 11.3 Å². The molecule has 2 aromatic heterocycles. The van der Waals surface area contributed by atoms with Crippen LogP contribution >= 0.6 is 11.3 Å². The molecule has 0 aliphatic heterocycles. The lowest BCUT2D eigenvalue weighted by molar-refractivity contribution is 0.648. The van der Waals surface area contributed by atoms with Gasteiger partial charge in [0.2, 0.25) is 0 Å². The lowest BCUT2D eigenvalue weighted by Gasteiger charge is -2.38. The maximum Gasteiger partial charge on any atom is 0.142 e. The molecule has 0 N–H and O–H groups in total. The average Bonchev–Trinajstić information content (AvgIpc) is 4.04. The van der Waals surface area contributed by atoms with Crippen molar-refractivity contribution in [2.75, 3.05) is 4.90 Å². The first-order valence-electron chi connectivity index (χ1n) is 21.9. The van der Waals surface area contributed by atoms with Crippen molar-refractivity contribution in [3.05, 3.63) is 259 Å². The fourth-order valence-electron chi connectivity index (χ4n) is 10.6. The first-order valence-corrected chi connectivity index (χ1v) is 22.7. The van der Waals surface area contributed by atoms with Crippen LogP contribution in [0, 0.1) is 0 Å². The quantitative estimate of drug-likeness (QED) is 0.159. The summed E-state index contributed by atoms with van der Waals surface area (Å²) in [6.45, 7) is 0. The highest BCUT2D eigenvalue weighted by molar-refractivity contribution is 7.26. The van der Waals surface area contributed by atoms with Crippen molar-refractivity contribution >= 4 is 70.5 Å². The van der Waals surface area contributed by atoms with E-state index in [9.17, 15) is 0 Å². The normalized spacial score (nSPS) is 12.8. The average molecular weight is 834 g/mol. The monoisotopic (exact) mass is 833 g/mol. The van der Waals surface area contributed by atoms with Crippen molar-refractivity contribution in [2.24, 2.45) is 0 Å².